The van der Waals surface area contributed by atoms with Crippen LogP contribution in [0.3, 0.4) is 0 Å². The van der Waals surface area contributed by atoms with Gasteiger partial charge in [0.2, 0.25) is 5.91 Å². The lowest BCUT2D eigenvalue weighted by Gasteiger charge is -2.46. The molecule has 3 aromatic rings. The Balaban J connectivity index is 1.23. The van der Waals surface area contributed by atoms with Gasteiger partial charge < -0.3 is 19.7 Å². The van der Waals surface area contributed by atoms with Crippen molar-refractivity contribution in [2.45, 2.75) is 63.3 Å². The summed E-state index contributed by atoms with van der Waals surface area (Å²) in [6, 6.07) is 10.3. The second-order valence-electron chi connectivity index (χ2n) is 13.7. The normalized spacial score (nSPS) is 23.4. The van der Waals surface area contributed by atoms with Gasteiger partial charge in [0.1, 0.15) is 12.2 Å². The lowest BCUT2D eigenvalue weighted by atomic mass is 9.58. The van der Waals surface area contributed by atoms with E-state index in [2.05, 4.69) is 22.4 Å². The first kappa shape index (κ1) is 32.9. The van der Waals surface area contributed by atoms with Crippen molar-refractivity contribution in [2.75, 3.05) is 38.6 Å². The number of likely N-dealkylation sites (N-methyl/N-ethyl adjacent to an activating group) is 1. The standard InChI is InChI=1S/C35H42F3N7O2/c1-23-17-34(18-23,33-41-39-22-43(33)4)25-8-5-10-27(16-25)45-21-29-28(32(45)47)14-24(15-30(29)35(36,37)38)19-44-13-6-9-26(20-44)40-31(46)11-7-12-42(2)3/h5,7-8,10-11,14-16,22-23,26H,6,9,12-13,17-21H2,1-4H3,(H,40,46)/b11-7+/t23?,26-,34?/m0/s1. The molecule has 6 rings (SSSR count). The minimum Gasteiger partial charge on any atom is -0.349 e. The second-order valence-corrected chi connectivity index (χ2v) is 13.7. The molecule has 2 amide bonds. The van der Waals surface area contributed by atoms with Crippen LogP contribution in [0.25, 0.3) is 0 Å². The Kier molecular flexibility index (Phi) is 9.01. The Morgan fingerprint density at radius 3 is 2.66 bits per heavy atom. The van der Waals surface area contributed by atoms with Crippen LogP contribution in [0.15, 0.2) is 54.9 Å². The Labute approximate surface area is 273 Å². The number of hydrogen-bond donors (Lipinski definition) is 1. The van der Waals surface area contributed by atoms with Gasteiger partial charge in [0.15, 0.2) is 0 Å². The molecule has 1 saturated heterocycles. The number of piperidine rings is 1. The molecule has 0 radical (unpaired) electrons. The molecule has 1 atom stereocenters. The number of anilines is 1. The second kappa shape index (κ2) is 12.9. The van der Waals surface area contributed by atoms with Gasteiger partial charge in [0.25, 0.3) is 5.91 Å². The first-order chi connectivity index (χ1) is 22.3. The average molecular weight is 650 g/mol. The molecular weight excluding hydrogens is 607 g/mol. The smallest absolute Gasteiger partial charge is 0.349 e. The topological polar surface area (TPSA) is 86.6 Å². The molecule has 0 bridgehead atoms. The molecule has 250 valence electrons. The zero-order chi connectivity index (χ0) is 33.5. The number of rotatable bonds is 9. The van der Waals surface area contributed by atoms with Crippen molar-refractivity contribution in [3.8, 4) is 0 Å². The summed E-state index contributed by atoms with van der Waals surface area (Å²) in [5.74, 6) is 0.706. The van der Waals surface area contributed by atoms with Crippen molar-refractivity contribution in [2.24, 2.45) is 13.0 Å². The van der Waals surface area contributed by atoms with Crippen molar-refractivity contribution in [1.29, 1.82) is 0 Å². The van der Waals surface area contributed by atoms with Crippen molar-refractivity contribution in [1.82, 2.24) is 29.9 Å². The first-order valence-corrected chi connectivity index (χ1v) is 16.2. The number of nitrogens with zero attached hydrogens (tertiary/aromatic N) is 6. The van der Waals surface area contributed by atoms with Gasteiger partial charge in [0.05, 0.1) is 17.5 Å². The fraction of sp³-hybridized carbons (Fsp3) is 0.486. The number of carbonyl (C=O) groups is 2. The van der Waals surface area contributed by atoms with Crippen LogP contribution >= 0.6 is 0 Å². The van der Waals surface area contributed by atoms with Gasteiger partial charge in [0, 0.05) is 50.1 Å². The lowest BCUT2D eigenvalue weighted by Crippen LogP contribution is -2.47. The number of nitrogens with one attached hydrogen (secondary N) is 1. The molecule has 1 aliphatic carbocycles. The first-order valence-electron chi connectivity index (χ1n) is 16.2. The van der Waals surface area contributed by atoms with E-state index in [0.29, 0.717) is 36.8 Å². The zero-order valence-electron chi connectivity index (χ0n) is 27.3. The van der Waals surface area contributed by atoms with E-state index in [9.17, 15) is 22.8 Å². The van der Waals surface area contributed by atoms with Crippen LogP contribution in [0, 0.1) is 5.92 Å². The predicted octanol–water partition coefficient (Wildman–Crippen LogP) is 4.91. The molecule has 1 N–H and O–H groups in total. The number of fused-ring (bicyclic) bond motifs is 1. The van der Waals surface area contributed by atoms with E-state index in [1.54, 1.807) is 24.5 Å². The molecule has 12 heteroatoms. The van der Waals surface area contributed by atoms with E-state index in [1.165, 1.54) is 17.0 Å². The summed E-state index contributed by atoms with van der Waals surface area (Å²) in [5, 5.41) is 11.5. The molecule has 1 aromatic heterocycles. The molecule has 3 aliphatic rings. The number of halogens is 3. The highest BCUT2D eigenvalue weighted by atomic mass is 19.4. The fourth-order valence-electron chi connectivity index (χ4n) is 7.58. The molecule has 2 aromatic carbocycles. The van der Waals surface area contributed by atoms with Crippen molar-refractivity contribution in [3.63, 3.8) is 0 Å². The van der Waals surface area contributed by atoms with Gasteiger partial charge in [-0.15, -0.1) is 10.2 Å². The van der Waals surface area contributed by atoms with Crippen LogP contribution in [0.5, 0.6) is 0 Å². The maximum absolute atomic E-state index is 14.5. The van der Waals surface area contributed by atoms with Crippen LogP contribution < -0.4 is 10.2 Å². The average Bonchev–Trinajstić information content (AvgIpc) is 3.57. The van der Waals surface area contributed by atoms with Gasteiger partial charge in [-0.1, -0.05) is 25.1 Å². The van der Waals surface area contributed by atoms with Crippen LogP contribution in [-0.2, 0) is 36.5 Å². The SMILES string of the molecule is CC1CC(c2cccc(N3Cc4c(cc(CN5CCC[C@H](NC(=O)/C=C/CN(C)C)C5)cc4C(F)(F)F)C3=O)c2)(c2nncn2C)C1. The zero-order valence-corrected chi connectivity index (χ0v) is 27.3. The van der Waals surface area contributed by atoms with E-state index < -0.39 is 17.6 Å². The van der Waals surface area contributed by atoms with Crippen LogP contribution in [0.2, 0.25) is 0 Å². The Bertz CT molecular complexity index is 1680. The molecule has 3 heterocycles. The molecule has 1 saturated carbocycles. The van der Waals surface area contributed by atoms with Gasteiger partial charge in [-0.2, -0.15) is 13.2 Å². The minimum absolute atomic E-state index is 0.00484. The number of aromatic nitrogens is 3. The Hall–Kier alpha value is -4.03. The number of carbonyl (C=O) groups excluding carboxylic acids is 2. The van der Waals surface area contributed by atoms with Crippen LogP contribution in [0.4, 0.5) is 18.9 Å². The third kappa shape index (κ3) is 6.71. The summed E-state index contributed by atoms with van der Waals surface area (Å²) < 4.78 is 45.4. The molecule has 2 aliphatic heterocycles. The van der Waals surface area contributed by atoms with Gasteiger partial charge in [-0.25, -0.2) is 0 Å². The summed E-state index contributed by atoms with van der Waals surface area (Å²) in [6.07, 6.45) is 3.70. The largest absolute Gasteiger partial charge is 0.416 e. The third-order valence-electron chi connectivity index (χ3n) is 9.65. The monoisotopic (exact) mass is 649 g/mol. The maximum atomic E-state index is 14.5. The number of benzene rings is 2. The molecule has 9 nitrogen and oxygen atoms in total. The predicted molar refractivity (Wildman–Crippen MR) is 173 cm³/mol. The van der Waals surface area contributed by atoms with E-state index in [1.807, 2.05) is 53.7 Å². The van der Waals surface area contributed by atoms with Gasteiger partial charge >= 0.3 is 6.18 Å². The van der Waals surface area contributed by atoms with Crippen molar-refractivity contribution >= 4 is 17.5 Å². The van der Waals surface area contributed by atoms with Crippen LogP contribution in [0.1, 0.15) is 71.0 Å². The highest BCUT2D eigenvalue weighted by molar-refractivity contribution is 6.10. The van der Waals surface area contributed by atoms with E-state index >= 15 is 0 Å². The molecule has 0 unspecified atom stereocenters. The number of amides is 2. The Morgan fingerprint density at radius 1 is 1.19 bits per heavy atom. The van der Waals surface area contributed by atoms with Crippen molar-refractivity contribution < 1.29 is 22.8 Å². The molecule has 2 fully saturated rings. The maximum Gasteiger partial charge on any atom is 0.416 e. The minimum atomic E-state index is -4.62. The summed E-state index contributed by atoms with van der Waals surface area (Å²) >= 11 is 0. The highest BCUT2D eigenvalue weighted by Crippen LogP contribution is 2.52. The van der Waals surface area contributed by atoms with E-state index in [4.69, 9.17) is 0 Å². The third-order valence-corrected chi connectivity index (χ3v) is 9.65. The number of hydrogen-bond acceptors (Lipinski definition) is 6. The Morgan fingerprint density at radius 2 is 1.98 bits per heavy atom. The number of alkyl halides is 3. The number of aryl methyl sites for hydroxylation is 1. The summed E-state index contributed by atoms with van der Waals surface area (Å²) in [7, 11) is 5.74. The molecule has 47 heavy (non-hydrogen) atoms. The van der Waals surface area contributed by atoms with Crippen LogP contribution in [-0.4, -0.2) is 76.2 Å². The van der Waals surface area contributed by atoms with E-state index in [0.717, 1.165) is 37.1 Å². The van der Waals surface area contributed by atoms with Gasteiger partial charge in [-0.05, 0) is 93.2 Å². The summed E-state index contributed by atoms with van der Waals surface area (Å²) in [6.45, 7) is 4.14. The molecular formula is C35H42F3N7O2. The fourth-order valence-corrected chi connectivity index (χ4v) is 7.58. The van der Waals surface area contributed by atoms with Gasteiger partial charge in [-0.3, -0.25) is 14.5 Å². The van der Waals surface area contributed by atoms with Crippen molar-refractivity contribution in [3.05, 3.63) is 88.5 Å². The summed E-state index contributed by atoms with van der Waals surface area (Å²) in [4.78, 5) is 31.7. The quantitative estimate of drug-likeness (QED) is 0.332. The van der Waals surface area contributed by atoms with E-state index in [-0.39, 0.29) is 41.6 Å². The highest BCUT2D eigenvalue weighted by Gasteiger charge is 2.48. The summed E-state index contributed by atoms with van der Waals surface area (Å²) in [5.41, 5.74) is 0.933. The number of likely N-dealkylation sites (tertiary alicyclic amines) is 1. The molecule has 0 spiro atoms. The lowest BCUT2D eigenvalue weighted by molar-refractivity contribution is -0.138.